The van der Waals surface area contributed by atoms with Crippen LogP contribution in [-0.2, 0) is 9.59 Å². The summed E-state index contributed by atoms with van der Waals surface area (Å²) in [6, 6.07) is 5.99. The maximum atomic E-state index is 12.9. The second kappa shape index (κ2) is 7.80. The Labute approximate surface area is 137 Å². The molecular formula is C15H17FN4O2S. The first-order valence-corrected chi connectivity index (χ1v) is 7.76. The minimum atomic E-state index is -0.309. The zero-order chi connectivity index (χ0) is 16.8. The van der Waals surface area contributed by atoms with Crippen LogP contribution in [0.4, 0.5) is 9.52 Å². The van der Waals surface area contributed by atoms with E-state index < -0.39 is 0 Å². The van der Waals surface area contributed by atoms with Gasteiger partial charge in [0.15, 0.2) is 5.13 Å². The van der Waals surface area contributed by atoms with Crippen molar-refractivity contribution in [3.8, 4) is 11.3 Å². The highest BCUT2D eigenvalue weighted by Gasteiger charge is 2.12. The molecule has 0 fully saturated rings. The van der Waals surface area contributed by atoms with Crippen LogP contribution in [-0.4, -0.2) is 48.9 Å². The number of carbonyl (C=O) groups is 2. The normalized spacial score (nSPS) is 10.6. The van der Waals surface area contributed by atoms with Crippen molar-refractivity contribution in [2.75, 3.05) is 32.5 Å². The predicted octanol–water partition coefficient (Wildman–Crippen LogP) is 1.57. The van der Waals surface area contributed by atoms with Crippen molar-refractivity contribution in [1.29, 1.82) is 0 Å². The van der Waals surface area contributed by atoms with Gasteiger partial charge in [-0.1, -0.05) is 0 Å². The van der Waals surface area contributed by atoms with Gasteiger partial charge in [-0.25, -0.2) is 9.37 Å². The lowest BCUT2D eigenvalue weighted by Gasteiger charge is -2.14. The number of amides is 2. The van der Waals surface area contributed by atoms with E-state index >= 15 is 0 Å². The summed E-state index contributed by atoms with van der Waals surface area (Å²) in [5, 5.41) is 7.43. The van der Waals surface area contributed by atoms with E-state index in [1.807, 2.05) is 0 Å². The van der Waals surface area contributed by atoms with Gasteiger partial charge in [0.25, 0.3) is 0 Å². The Hall–Kier alpha value is -2.32. The molecule has 2 aromatic rings. The minimum Gasteiger partial charge on any atom is -0.358 e. The maximum Gasteiger partial charge on any atom is 0.240 e. The van der Waals surface area contributed by atoms with Crippen LogP contribution in [0.5, 0.6) is 0 Å². The zero-order valence-electron chi connectivity index (χ0n) is 12.8. The van der Waals surface area contributed by atoms with Crippen molar-refractivity contribution >= 4 is 28.3 Å². The van der Waals surface area contributed by atoms with Crippen LogP contribution in [0.15, 0.2) is 29.6 Å². The van der Waals surface area contributed by atoms with Crippen molar-refractivity contribution < 1.29 is 14.0 Å². The predicted molar refractivity (Wildman–Crippen MR) is 87.7 cm³/mol. The summed E-state index contributed by atoms with van der Waals surface area (Å²) < 4.78 is 12.9. The van der Waals surface area contributed by atoms with Crippen LogP contribution in [0, 0.1) is 5.82 Å². The summed E-state index contributed by atoms with van der Waals surface area (Å²) >= 11 is 1.29. The average molecular weight is 336 g/mol. The number of hydrogen-bond donors (Lipinski definition) is 2. The Morgan fingerprint density at radius 1 is 1.22 bits per heavy atom. The molecule has 1 heterocycles. The van der Waals surface area contributed by atoms with Crippen molar-refractivity contribution in [3.05, 3.63) is 35.5 Å². The van der Waals surface area contributed by atoms with Crippen LogP contribution in [0.3, 0.4) is 0 Å². The Balaban J connectivity index is 1.92. The van der Waals surface area contributed by atoms with Crippen LogP contribution < -0.4 is 10.6 Å². The fourth-order valence-electron chi connectivity index (χ4n) is 1.87. The van der Waals surface area contributed by atoms with Crippen molar-refractivity contribution in [3.63, 3.8) is 0 Å². The Bertz CT molecular complexity index is 687. The van der Waals surface area contributed by atoms with E-state index in [-0.39, 0.29) is 30.7 Å². The van der Waals surface area contributed by atoms with Crippen molar-refractivity contribution in [1.82, 2.24) is 15.2 Å². The zero-order valence-corrected chi connectivity index (χ0v) is 13.6. The van der Waals surface area contributed by atoms with E-state index in [0.29, 0.717) is 10.8 Å². The third-order valence-electron chi connectivity index (χ3n) is 3.00. The monoisotopic (exact) mass is 336 g/mol. The van der Waals surface area contributed by atoms with Crippen LogP contribution in [0.25, 0.3) is 11.3 Å². The largest absolute Gasteiger partial charge is 0.358 e. The van der Waals surface area contributed by atoms with E-state index in [2.05, 4.69) is 15.6 Å². The molecule has 0 aliphatic heterocycles. The van der Waals surface area contributed by atoms with Gasteiger partial charge in [-0.05, 0) is 31.3 Å². The van der Waals surface area contributed by atoms with Crippen molar-refractivity contribution in [2.45, 2.75) is 0 Å². The van der Waals surface area contributed by atoms with Gasteiger partial charge in [-0.2, -0.15) is 0 Å². The van der Waals surface area contributed by atoms with Gasteiger partial charge in [0.1, 0.15) is 5.82 Å². The third-order valence-corrected chi connectivity index (χ3v) is 3.75. The maximum absolute atomic E-state index is 12.9. The molecule has 0 spiro atoms. The first kappa shape index (κ1) is 17.0. The smallest absolute Gasteiger partial charge is 0.240 e. The third kappa shape index (κ3) is 5.11. The molecule has 0 bridgehead atoms. The number of halogens is 1. The summed E-state index contributed by atoms with van der Waals surface area (Å²) in [4.78, 5) is 29.0. The Morgan fingerprint density at radius 3 is 2.52 bits per heavy atom. The van der Waals surface area contributed by atoms with Crippen LogP contribution in [0.1, 0.15) is 0 Å². The van der Waals surface area contributed by atoms with Crippen molar-refractivity contribution in [2.24, 2.45) is 0 Å². The summed E-state index contributed by atoms with van der Waals surface area (Å²) in [6.45, 7) is 0.224. The molecule has 0 saturated carbocycles. The Kier molecular flexibility index (Phi) is 5.78. The number of aromatic nitrogens is 1. The van der Waals surface area contributed by atoms with E-state index in [1.54, 1.807) is 36.5 Å². The minimum absolute atomic E-state index is 0.0822. The van der Waals surface area contributed by atoms with E-state index in [4.69, 9.17) is 0 Å². The quantitative estimate of drug-likeness (QED) is 0.840. The molecule has 0 atom stereocenters. The molecular weight excluding hydrogens is 319 g/mol. The van der Waals surface area contributed by atoms with Crippen LogP contribution >= 0.6 is 11.3 Å². The molecule has 8 heteroatoms. The highest BCUT2D eigenvalue weighted by atomic mass is 32.1. The molecule has 0 unspecified atom stereocenters. The topological polar surface area (TPSA) is 74.3 Å². The molecule has 2 rings (SSSR count). The summed E-state index contributed by atoms with van der Waals surface area (Å²) in [7, 11) is 3.23. The molecule has 1 aromatic carbocycles. The SMILES string of the molecule is CNC(=O)CN(C)CC(=O)Nc1nc(-c2ccc(F)cc2)cs1. The van der Waals surface area contributed by atoms with Gasteiger partial charge < -0.3 is 10.6 Å². The number of nitrogens with one attached hydrogen (secondary N) is 2. The first-order valence-electron chi connectivity index (χ1n) is 6.88. The molecule has 0 saturated heterocycles. The molecule has 0 aliphatic rings. The fourth-order valence-corrected chi connectivity index (χ4v) is 2.60. The van der Waals surface area contributed by atoms with Gasteiger partial charge in [0.05, 0.1) is 18.8 Å². The van der Waals surface area contributed by atoms with Gasteiger partial charge in [-0.15, -0.1) is 11.3 Å². The summed E-state index contributed by atoms with van der Waals surface area (Å²) in [5.41, 5.74) is 1.45. The number of rotatable bonds is 6. The highest BCUT2D eigenvalue weighted by Crippen LogP contribution is 2.24. The number of carbonyl (C=O) groups excluding carboxylic acids is 2. The van der Waals surface area contributed by atoms with Gasteiger partial charge in [0.2, 0.25) is 11.8 Å². The fraction of sp³-hybridized carbons (Fsp3) is 0.267. The lowest BCUT2D eigenvalue weighted by Crippen LogP contribution is -2.37. The second-order valence-corrected chi connectivity index (χ2v) is 5.80. The molecule has 1 aromatic heterocycles. The number of nitrogens with zero attached hydrogens (tertiary/aromatic N) is 2. The molecule has 2 N–H and O–H groups in total. The number of thiazole rings is 1. The number of hydrogen-bond acceptors (Lipinski definition) is 5. The number of benzene rings is 1. The Morgan fingerprint density at radius 2 is 1.87 bits per heavy atom. The summed E-state index contributed by atoms with van der Waals surface area (Å²) in [6.07, 6.45) is 0. The molecule has 122 valence electrons. The average Bonchev–Trinajstić information content (AvgIpc) is 2.95. The van der Waals surface area contributed by atoms with Gasteiger partial charge in [0, 0.05) is 18.0 Å². The van der Waals surface area contributed by atoms with Gasteiger partial charge >= 0.3 is 0 Å². The summed E-state index contributed by atoms with van der Waals surface area (Å²) in [5.74, 6) is -0.721. The standard InChI is InChI=1S/C15H17FN4O2S/c1-17-13(21)7-20(2)8-14(22)19-15-18-12(9-23-15)10-3-5-11(16)6-4-10/h3-6,9H,7-8H2,1-2H3,(H,17,21)(H,18,19,22). The number of anilines is 1. The molecule has 6 nitrogen and oxygen atoms in total. The highest BCUT2D eigenvalue weighted by molar-refractivity contribution is 7.14. The van der Waals surface area contributed by atoms with E-state index in [1.165, 1.54) is 23.5 Å². The number of likely N-dealkylation sites (N-methyl/N-ethyl adjacent to an activating group) is 2. The lowest BCUT2D eigenvalue weighted by atomic mass is 10.2. The molecule has 23 heavy (non-hydrogen) atoms. The van der Waals surface area contributed by atoms with E-state index in [9.17, 15) is 14.0 Å². The first-order chi connectivity index (χ1) is 11.0. The van der Waals surface area contributed by atoms with Gasteiger partial charge in [-0.3, -0.25) is 14.5 Å². The van der Waals surface area contributed by atoms with E-state index in [0.717, 1.165) is 5.56 Å². The van der Waals surface area contributed by atoms with Crippen LogP contribution in [0.2, 0.25) is 0 Å². The lowest BCUT2D eigenvalue weighted by molar-refractivity contribution is -0.122. The molecule has 0 radical (unpaired) electrons. The molecule has 0 aliphatic carbocycles. The molecule has 2 amide bonds. The second-order valence-electron chi connectivity index (χ2n) is 4.94.